The van der Waals surface area contributed by atoms with Crippen molar-refractivity contribution < 1.29 is 0 Å². The Morgan fingerprint density at radius 3 is 2.70 bits per heavy atom. The van der Waals surface area contributed by atoms with Gasteiger partial charge >= 0.3 is 0 Å². The maximum Gasteiger partial charge on any atom is 0.0440 e. The van der Waals surface area contributed by atoms with Crippen LogP contribution in [0, 0.1) is 0 Å². The van der Waals surface area contributed by atoms with Crippen LogP contribution in [-0.4, -0.2) is 11.0 Å². The molecular weight excluding hydrogens is 268 g/mol. The molecule has 1 aliphatic carbocycles. The summed E-state index contributed by atoms with van der Waals surface area (Å²) in [7, 11) is 0. The molecule has 0 saturated heterocycles. The Kier molecular flexibility index (Phi) is 4.04. The Morgan fingerprint density at radius 2 is 2.00 bits per heavy atom. The highest BCUT2D eigenvalue weighted by atomic mass is 35.5. The minimum atomic E-state index is 0.348. The largest absolute Gasteiger partial charge is 0.307 e. The molecule has 1 aromatic carbocycles. The molecule has 1 aliphatic rings. The second-order valence-corrected chi connectivity index (χ2v) is 5.97. The van der Waals surface area contributed by atoms with E-state index in [2.05, 4.69) is 35.4 Å². The first-order valence-electron chi connectivity index (χ1n) is 7.14. The van der Waals surface area contributed by atoms with Crippen LogP contribution in [0.3, 0.4) is 0 Å². The molecule has 1 saturated carbocycles. The fraction of sp³-hybridized carbons (Fsp3) is 0.353. The number of aromatic nitrogens is 1. The van der Waals surface area contributed by atoms with E-state index >= 15 is 0 Å². The van der Waals surface area contributed by atoms with Crippen molar-refractivity contribution in [1.82, 2.24) is 10.3 Å². The number of halogens is 1. The molecule has 1 heterocycles. The molecule has 0 bridgehead atoms. The number of rotatable bonds is 4. The molecule has 3 heteroatoms. The van der Waals surface area contributed by atoms with E-state index in [9.17, 15) is 0 Å². The van der Waals surface area contributed by atoms with Crippen molar-refractivity contribution in [3.05, 3.63) is 64.9 Å². The summed E-state index contributed by atoms with van der Waals surface area (Å²) in [4.78, 5) is 4.17. The van der Waals surface area contributed by atoms with Gasteiger partial charge in [-0.15, -0.1) is 0 Å². The van der Waals surface area contributed by atoms with Gasteiger partial charge in [-0.25, -0.2) is 0 Å². The maximum absolute atomic E-state index is 6.25. The second-order valence-electron chi connectivity index (χ2n) is 5.56. The molecule has 1 unspecified atom stereocenters. The molecule has 3 rings (SSSR count). The van der Waals surface area contributed by atoms with Crippen LogP contribution >= 0.6 is 11.6 Å². The third-order valence-electron chi connectivity index (χ3n) is 4.15. The summed E-state index contributed by atoms with van der Waals surface area (Å²) >= 11 is 6.25. The number of pyridine rings is 1. The molecule has 2 nitrogen and oxygen atoms in total. The van der Waals surface area contributed by atoms with E-state index in [0.29, 0.717) is 18.0 Å². The van der Waals surface area contributed by atoms with Crippen molar-refractivity contribution in [2.75, 3.05) is 0 Å². The molecule has 1 fully saturated rings. The van der Waals surface area contributed by atoms with Gasteiger partial charge in [0.15, 0.2) is 0 Å². The molecule has 20 heavy (non-hydrogen) atoms. The molecular formula is C17H19ClN2. The average molecular weight is 287 g/mol. The van der Waals surface area contributed by atoms with Gasteiger partial charge in [0.05, 0.1) is 0 Å². The Morgan fingerprint density at radius 1 is 1.20 bits per heavy atom. The highest BCUT2D eigenvalue weighted by molar-refractivity contribution is 6.31. The summed E-state index contributed by atoms with van der Waals surface area (Å²) in [6, 6.07) is 13.2. The van der Waals surface area contributed by atoms with Crippen molar-refractivity contribution >= 4 is 11.6 Å². The number of hydrogen-bond acceptors (Lipinski definition) is 2. The lowest BCUT2D eigenvalue weighted by Gasteiger charge is -2.38. The van der Waals surface area contributed by atoms with Gasteiger partial charge in [-0.05, 0) is 48.9 Å². The molecule has 1 atom stereocenters. The fourth-order valence-electron chi connectivity index (χ4n) is 2.90. The van der Waals surface area contributed by atoms with E-state index in [-0.39, 0.29) is 0 Å². The third kappa shape index (κ3) is 2.87. The third-order valence-corrected chi connectivity index (χ3v) is 4.50. The van der Waals surface area contributed by atoms with Crippen molar-refractivity contribution in [3.63, 3.8) is 0 Å². The quantitative estimate of drug-likeness (QED) is 0.905. The summed E-state index contributed by atoms with van der Waals surface area (Å²) in [5.74, 6) is 0.599. The first kappa shape index (κ1) is 13.6. The van der Waals surface area contributed by atoms with E-state index in [4.69, 9.17) is 11.6 Å². The zero-order valence-electron chi connectivity index (χ0n) is 11.6. The maximum atomic E-state index is 6.25. The van der Waals surface area contributed by atoms with Crippen LogP contribution in [0.25, 0.3) is 0 Å². The molecule has 1 aromatic heterocycles. The molecule has 0 amide bonds. The van der Waals surface area contributed by atoms with Gasteiger partial charge in [-0.2, -0.15) is 0 Å². The zero-order chi connectivity index (χ0) is 13.9. The summed E-state index contributed by atoms with van der Waals surface area (Å²) in [5, 5.41) is 4.57. The summed E-state index contributed by atoms with van der Waals surface area (Å²) < 4.78 is 0. The molecule has 0 radical (unpaired) electrons. The summed E-state index contributed by atoms with van der Waals surface area (Å²) in [6.45, 7) is 2.19. The molecule has 104 valence electrons. The van der Waals surface area contributed by atoms with E-state index in [1.54, 1.807) is 0 Å². The van der Waals surface area contributed by atoms with Crippen LogP contribution < -0.4 is 5.32 Å². The van der Waals surface area contributed by atoms with Crippen molar-refractivity contribution in [3.8, 4) is 0 Å². The minimum absolute atomic E-state index is 0.348. The van der Waals surface area contributed by atoms with E-state index in [0.717, 1.165) is 17.9 Å². The number of hydrogen-bond donors (Lipinski definition) is 1. The lowest BCUT2D eigenvalue weighted by atomic mass is 9.75. The second kappa shape index (κ2) is 5.94. The van der Waals surface area contributed by atoms with Crippen LogP contribution in [0.15, 0.2) is 48.8 Å². The van der Waals surface area contributed by atoms with E-state index in [1.807, 2.05) is 30.6 Å². The van der Waals surface area contributed by atoms with Crippen LogP contribution in [0.4, 0.5) is 0 Å². The smallest absolute Gasteiger partial charge is 0.0440 e. The van der Waals surface area contributed by atoms with Crippen LogP contribution in [0.2, 0.25) is 5.02 Å². The van der Waals surface area contributed by atoms with Crippen LogP contribution in [-0.2, 0) is 0 Å². The molecule has 0 aliphatic heterocycles. The van der Waals surface area contributed by atoms with Crippen molar-refractivity contribution in [2.24, 2.45) is 0 Å². The minimum Gasteiger partial charge on any atom is -0.307 e. The normalized spacial score (nSPS) is 23.1. The highest BCUT2D eigenvalue weighted by Crippen LogP contribution is 2.40. The van der Waals surface area contributed by atoms with Crippen LogP contribution in [0.1, 0.15) is 42.9 Å². The van der Waals surface area contributed by atoms with E-state index in [1.165, 1.54) is 11.1 Å². The first-order valence-corrected chi connectivity index (χ1v) is 7.52. The topological polar surface area (TPSA) is 24.9 Å². The zero-order valence-corrected chi connectivity index (χ0v) is 12.3. The fourth-order valence-corrected chi connectivity index (χ4v) is 3.19. The molecule has 0 spiro atoms. The van der Waals surface area contributed by atoms with E-state index < -0.39 is 0 Å². The SMILES string of the molecule is CC(NC1CC(c2ccccc2Cl)C1)c1cccnc1. The monoisotopic (exact) mass is 286 g/mol. The molecule has 1 N–H and O–H groups in total. The summed E-state index contributed by atoms with van der Waals surface area (Å²) in [5.41, 5.74) is 2.54. The lowest BCUT2D eigenvalue weighted by Crippen LogP contribution is -2.41. The van der Waals surface area contributed by atoms with Gasteiger partial charge in [0.2, 0.25) is 0 Å². The predicted octanol–water partition coefficient (Wildman–Crippen LogP) is 4.33. The van der Waals surface area contributed by atoms with Crippen molar-refractivity contribution in [1.29, 1.82) is 0 Å². The van der Waals surface area contributed by atoms with Gasteiger partial charge in [0, 0.05) is 29.5 Å². The van der Waals surface area contributed by atoms with Gasteiger partial charge in [0.25, 0.3) is 0 Å². The Hall–Kier alpha value is -1.38. The predicted molar refractivity (Wildman–Crippen MR) is 83.0 cm³/mol. The van der Waals surface area contributed by atoms with Gasteiger partial charge in [-0.3, -0.25) is 4.98 Å². The van der Waals surface area contributed by atoms with Gasteiger partial charge < -0.3 is 5.32 Å². The number of nitrogens with zero attached hydrogens (tertiary/aromatic N) is 1. The Balaban J connectivity index is 1.55. The number of benzene rings is 1. The van der Waals surface area contributed by atoms with Crippen LogP contribution in [0.5, 0.6) is 0 Å². The Labute approximate surface area is 125 Å². The number of nitrogens with one attached hydrogen (secondary N) is 1. The van der Waals surface area contributed by atoms with Crippen molar-refractivity contribution in [2.45, 2.75) is 37.8 Å². The average Bonchev–Trinajstić information content (AvgIpc) is 2.44. The summed E-state index contributed by atoms with van der Waals surface area (Å²) in [6.07, 6.45) is 6.07. The van der Waals surface area contributed by atoms with Gasteiger partial charge in [0.1, 0.15) is 0 Å². The first-order chi connectivity index (χ1) is 9.74. The van der Waals surface area contributed by atoms with Gasteiger partial charge in [-0.1, -0.05) is 35.9 Å². The Bertz CT molecular complexity index is 564. The molecule has 2 aromatic rings. The standard InChI is InChI=1S/C17H19ClN2/c1-12(13-5-4-8-19-11-13)20-15-9-14(10-15)16-6-2-3-7-17(16)18/h2-8,11-12,14-15,20H,9-10H2,1H3. The lowest BCUT2D eigenvalue weighted by molar-refractivity contribution is 0.271. The highest BCUT2D eigenvalue weighted by Gasteiger charge is 2.32.